The minimum Gasteiger partial charge on any atom is -0.508 e. The van der Waals surface area contributed by atoms with E-state index in [2.05, 4.69) is 41.5 Å². The SMILES string of the molecule is C#Cc1cccc2cc(O)cc(-c3ncc4c(N5CC6CCC(C5)N6)nc(OCC(=O)Nc5ccc(Sn6cnc(C7CC7)n6)cc5)nc4c3F)c12. The number of nitrogens with one attached hydrogen (secondary N) is 2. The van der Waals surface area contributed by atoms with Gasteiger partial charge in [0.1, 0.15) is 29.1 Å². The van der Waals surface area contributed by atoms with Crippen LogP contribution in [0.2, 0.25) is 0 Å². The molecule has 260 valence electrons. The molecule has 0 radical (unpaired) electrons. The third kappa shape index (κ3) is 6.22. The van der Waals surface area contributed by atoms with Crippen LogP contribution in [0.15, 0.2) is 72.0 Å². The number of halogens is 1. The van der Waals surface area contributed by atoms with Crippen LogP contribution in [0.3, 0.4) is 0 Å². The lowest BCUT2D eigenvalue weighted by molar-refractivity contribution is -0.118. The highest BCUT2D eigenvalue weighted by atomic mass is 32.2. The second kappa shape index (κ2) is 13.1. The molecule has 6 aromatic rings. The first-order valence-corrected chi connectivity index (χ1v) is 17.9. The molecule has 52 heavy (non-hydrogen) atoms. The maximum atomic E-state index is 16.8. The van der Waals surface area contributed by atoms with Crippen molar-refractivity contribution < 1.29 is 19.0 Å². The highest BCUT2D eigenvalue weighted by molar-refractivity contribution is 7.97. The minimum atomic E-state index is -0.722. The molecule has 1 saturated carbocycles. The number of pyridine rings is 1. The zero-order valence-corrected chi connectivity index (χ0v) is 28.6. The molecule has 3 aromatic heterocycles. The molecule has 2 aliphatic heterocycles. The molecule has 3 aromatic carbocycles. The maximum absolute atomic E-state index is 16.8. The number of piperazine rings is 1. The van der Waals surface area contributed by atoms with Gasteiger partial charge in [-0.05, 0) is 73.5 Å². The van der Waals surface area contributed by atoms with Gasteiger partial charge in [0.05, 0.1) is 5.39 Å². The molecular weight excluding hydrogens is 682 g/mol. The Morgan fingerprint density at radius 3 is 2.65 bits per heavy atom. The summed E-state index contributed by atoms with van der Waals surface area (Å²) < 4.78 is 24.4. The van der Waals surface area contributed by atoms with Gasteiger partial charge in [0, 0.05) is 76.3 Å². The number of phenols is 1. The fraction of sp³-hybridized carbons (Fsp3) is 0.263. The van der Waals surface area contributed by atoms with Gasteiger partial charge in [-0.3, -0.25) is 9.78 Å². The van der Waals surface area contributed by atoms with Crippen LogP contribution in [0.4, 0.5) is 15.9 Å². The maximum Gasteiger partial charge on any atom is 0.319 e. The number of amides is 1. The van der Waals surface area contributed by atoms with Gasteiger partial charge in [0.2, 0.25) is 0 Å². The van der Waals surface area contributed by atoms with E-state index in [4.69, 9.17) is 16.1 Å². The third-order valence-electron chi connectivity index (χ3n) is 9.63. The average molecular weight is 714 g/mol. The largest absolute Gasteiger partial charge is 0.508 e. The number of carbonyl (C=O) groups excluding carboxylic acids is 1. The number of aromatic nitrogens is 6. The average Bonchev–Trinajstić information content (AvgIpc) is 3.81. The normalized spacial score (nSPS) is 18.1. The number of phenolic OH excluding ortho intramolecular Hbond substituents is 1. The van der Waals surface area contributed by atoms with Crippen molar-refractivity contribution in [1.29, 1.82) is 0 Å². The molecule has 9 rings (SSSR count). The molecule has 2 atom stereocenters. The molecule has 0 spiro atoms. The number of hydrogen-bond donors (Lipinski definition) is 3. The summed E-state index contributed by atoms with van der Waals surface area (Å²) in [6.07, 6.45) is 13.4. The van der Waals surface area contributed by atoms with E-state index in [0.717, 1.165) is 36.4 Å². The van der Waals surface area contributed by atoms with Gasteiger partial charge < -0.3 is 25.4 Å². The van der Waals surface area contributed by atoms with E-state index >= 15 is 4.39 Å². The molecule has 3 fully saturated rings. The first-order chi connectivity index (χ1) is 25.4. The van der Waals surface area contributed by atoms with Crippen LogP contribution in [-0.4, -0.2) is 71.9 Å². The zero-order chi connectivity index (χ0) is 35.3. The molecular formula is C38H32FN9O3S. The Bertz CT molecular complexity index is 2400. The first-order valence-electron chi connectivity index (χ1n) is 17.1. The molecule has 1 amide bonds. The summed E-state index contributed by atoms with van der Waals surface area (Å²) in [5, 5.41) is 23.2. The number of terminal acetylenes is 1. The predicted molar refractivity (Wildman–Crippen MR) is 196 cm³/mol. The highest BCUT2D eigenvalue weighted by Gasteiger charge is 2.34. The Hall–Kier alpha value is -5.78. The predicted octanol–water partition coefficient (Wildman–Crippen LogP) is 5.65. The van der Waals surface area contributed by atoms with Crippen molar-refractivity contribution in [3.05, 3.63) is 84.3 Å². The molecule has 3 N–H and O–H groups in total. The van der Waals surface area contributed by atoms with Crippen LogP contribution in [0, 0.1) is 18.2 Å². The summed E-state index contributed by atoms with van der Waals surface area (Å²) in [5.74, 6) is 3.28. The van der Waals surface area contributed by atoms with E-state index < -0.39 is 18.3 Å². The smallest absolute Gasteiger partial charge is 0.319 e. The fourth-order valence-electron chi connectivity index (χ4n) is 7.07. The van der Waals surface area contributed by atoms with E-state index in [-0.39, 0.29) is 35.1 Å². The van der Waals surface area contributed by atoms with Crippen molar-refractivity contribution >= 4 is 51.0 Å². The summed E-state index contributed by atoms with van der Waals surface area (Å²) in [4.78, 5) is 34.2. The topological polar surface area (TPSA) is 143 Å². The molecule has 5 heterocycles. The van der Waals surface area contributed by atoms with E-state index in [1.54, 1.807) is 53.0 Å². The van der Waals surface area contributed by atoms with E-state index in [1.165, 1.54) is 18.0 Å². The number of nitrogens with zero attached hydrogens (tertiary/aromatic N) is 7. The number of aromatic hydroxyl groups is 1. The van der Waals surface area contributed by atoms with E-state index in [9.17, 15) is 9.90 Å². The molecule has 2 bridgehead atoms. The molecule has 12 nitrogen and oxygen atoms in total. The summed E-state index contributed by atoms with van der Waals surface area (Å²) in [7, 11) is 0. The quantitative estimate of drug-likeness (QED) is 0.160. The summed E-state index contributed by atoms with van der Waals surface area (Å²) in [5.41, 5.74) is 1.40. The number of hydrogen-bond acceptors (Lipinski definition) is 11. The molecule has 2 saturated heterocycles. The number of carbonyl (C=O) groups is 1. The van der Waals surface area contributed by atoms with Gasteiger partial charge in [0.15, 0.2) is 18.2 Å². The van der Waals surface area contributed by atoms with Crippen LogP contribution in [0.1, 0.15) is 43.0 Å². The molecule has 3 aliphatic rings. The van der Waals surface area contributed by atoms with Gasteiger partial charge in [-0.2, -0.15) is 14.1 Å². The van der Waals surface area contributed by atoms with Crippen molar-refractivity contribution in [3.8, 4) is 35.4 Å². The zero-order valence-electron chi connectivity index (χ0n) is 27.8. The van der Waals surface area contributed by atoms with Gasteiger partial charge in [-0.15, -0.1) is 11.5 Å². The van der Waals surface area contributed by atoms with Crippen LogP contribution in [0.5, 0.6) is 11.8 Å². The lowest BCUT2D eigenvalue weighted by atomic mass is 9.96. The minimum absolute atomic E-state index is 0.0179. The van der Waals surface area contributed by atoms with Crippen molar-refractivity contribution in [3.63, 3.8) is 0 Å². The Balaban J connectivity index is 0.996. The molecule has 14 heteroatoms. The lowest BCUT2D eigenvalue weighted by Crippen LogP contribution is -2.51. The van der Waals surface area contributed by atoms with Crippen LogP contribution >= 0.6 is 11.9 Å². The highest BCUT2D eigenvalue weighted by Crippen LogP contribution is 2.40. The number of ether oxygens (including phenoxy) is 1. The van der Waals surface area contributed by atoms with Crippen LogP contribution in [0.25, 0.3) is 32.9 Å². The van der Waals surface area contributed by atoms with Crippen LogP contribution < -0.4 is 20.3 Å². The van der Waals surface area contributed by atoms with Gasteiger partial charge in [-0.25, -0.2) is 9.37 Å². The Labute approximate surface area is 302 Å². The number of fused-ring (bicyclic) bond motifs is 4. The standard InChI is InChI=1S/C38H32FN9O3S/c1-2-21-4-3-5-23-14-27(49)15-29(32(21)23)34-33(39)35-30(16-40-34)37(47-17-25-8-9-26(18-47)42-25)45-38(44-35)51-19-31(50)43-24-10-12-28(13-11-24)52-48-20-41-36(46-48)22-6-7-22/h1,3-5,10-16,20,22,25-26,42,49H,6-9,17-19H2,(H,43,50). The van der Waals surface area contributed by atoms with Gasteiger partial charge in [-0.1, -0.05) is 18.1 Å². The van der Waals surface area contributed by atoms with E-state index in [0.29, 0.717) is 57.8 Å². The van der Waals surface area contributed by atoms with Crippen molar-refractivity contribution in [2.24, 2.45) is 0 Å². The molecule has 1 aliphatic carbocycles. The second-order valence-electron chi connectivity index (χ2n) is 13.3. The number of benzene rings is 3. The Morgan fingerprint density at radius 1 is 1.08 bits per heavy atom. The Kier molecular flexibility index (Phi) is 8.09. The van der Waals surface area contributed by atoms with E-state index in [1.807, 2.05) is 12.1 Å². The van der Waals surface area contributed by atoms with Gasteiger partial charge in [0.25, 0.3) is 5.91 Å². The fourth-order valence-corrected chi connectivity index (χ4v) is 7.76. The second-order valence-corrected chi connectivity index (χ2v) is 14.4. The van der Waals surface area contributed by atoms with Crippen molar-refractivity contribution in [2.45, 2.75) is 48.6 Å². The van der Waals surface area contributed by atoms with Gasteiger partial charge >= 0.3 is 6.01 Å². The summed E-state index contributed by atoms with van der Waals surface area (Å²) in [6, 6.07) is 16.1. The third-order valence-corrected chi connectivity index (χ3v) is 10.5. The number of anilines is 2. The first kappa shape index (κ1) is 32.1. The lowest BCUT2D eigenvalue weighted by Gasteiger charge is -2.34. The summed E-state index contributed by atoms with van der Waals surface area (Å²) >= 11 is 1.44. The van der Waals surface area contributed by atoms with Crippen molar-refractivity contribution in [1.82, 2.24) is 34.4 Å². The van der Waals surface area contributed by atoms with Crippen LogP contribution in [-0.2, 0) is 4.79 Å². The summed E-state index contributed by atoms with van der Waals surface area (Å²) in [6.45, 7) is 0.933. The molecule has 2 unspecified atom stereocenters. The number of rotatable bonds is 9. The monoisotopic (exact) mass is 713 g/mol. The van der Waals surface area contributed by atoms with Crippen molar-refractivity contribution in [2.75, 3.05) is 29.9 Å². The Morgan fingerprint density at radius 2 is 1.88 bits per heavy atom.